The van der Waals surface area contributed by atoms with Gasteiger partial charge in [0.1, 0.15) is 0 Å². The van der Waals surface area contributed by atoms with Gasteiger partial charge >= 0.3 is 0 Å². The molecule has 1 nitrogen and oxygen atoms in total. The summed E-state index contributed by atoms with van der Waals surface area (Å²) in [4.78, 5) is 4.34. The third kappa shape index (κ3) is 2.60. The fourth-order valence-electron chi connectivity index (χ4n) is 1.81. The van der Waals surface area contributed by atoms with E-state index < -0.39 is 5.21 Å². The number of aromatic nitrogens is 1. The maximum Gasteiger partial charge on any atom is 0.0704 e. The smallest absolute Gasteiger partial charge is 0.0704 e. The van der Waals surface area contributed by atoms with Gasteiger partial charge in [-0.15, -0.1) is 0 Å². The predicted octanol–water partition coefficient (Wildman–Crippen LogP) is 2.57. The molecule has 0 aliphatic rings. The second kappa shape index (κ2) is 4.40. The van der Waals surface area contributed by atoms with Crippen LogP contribution in [0.5, 0.6) is 0 Å². The van der Waals surface area contributed by atoms with Gasteiger partial charge in [0.25, 0.3) is 0 Å². The Kier molecular flexibility index (Phi) is 3.10. The van der Waals surface area contributed by atoms with Crippen molar-refractivity contribution in [2.24, 2.45) is 0 Å². The molecule has 2 rings (SSSR count). The van der Waals surface area contributed by atoms with Crippen molar-refractivity contribution in [2.75, 3.05) is 0 Å². The van der Waals surface area contributed by atoms with Crippen molar-refractivity contribution in [1.82, 2.24) is 4.98 Å². The first kappa shape index (κ1) is 12.0. The van der Waals surface area contributed by atoms with Crippen LogP contribution < -0.4 is 0 Å². The van der Waals surface area contributed by atoms with Gasteiger partial charge in [0.05, 0.1) is 21.4 Å². The van der Waals surface area contributed by atoms with Crippen LogP contribution in [0.4, 0.5) is 0 Å². The largest absolute Gasteiger partial charge is 0.256 e. The van der Waals surface area contributed by atoms with E-state index in [-0.39, 0.29) is 0 Å². The maximum absolute atomic E-state index is 5.88. The number of nitrogens with zero attached hydrogens (tertiary/aromatic N) is 1. The van der Waals surface area contributed by atoms with Crippen molar-refractivity contribution >= 4 is 15.7 Å². The Morgan fingerprint density at radius 2 is 1.88 bits per heavy atom. The van der Waals surface area contributed by atoms with Crippen LogP contribution in [0, 0.1) is 6.92 Å². The predicted molar refractivity (Wildman–Crippen MR) is 73.3 cm³/mol. The monoisotopic (exact) mass is 217 g/mol. The molecule has 1 aromatic heterocycles. The zero-order valence-electron chi connectivity index (χ0n) is 10.1. The van der Waals surface area contributed by atoms with Crippen molar-refractivity contribution in [3.8, 4) is 11.3 Å². The van der Waals surface area contributed by atoms with Gasteiger partial charge in [-0.05, 0) is 24.6 Å². The highest BCUT2D eigenvalue weighted by Crippen LogP contribution is 2.25. The van der Waals surface area contributed by atoms with Gasteiger partial charge in [-0.2, -0.15) is 0 Å². The second-order valence-corrected chi connectivity index (χ2v) is 4.53. The van der Waals surface area contributed by atoms with Gasteiger partial charge in [-0.1, -0.05) is 42.0 Å². The first-order chi connectivity index (χ1) is 7.98. The summed E-state index contributed by atoms with van der Waals surface area (Å²) in [7, 11) is 11.8. The zero-order valence-corrected chi connectivity index (χ0v) is 10.1. The van der Waals surface area contributed by atoms with E-state index in [2.05, 4.69) is 4.98 Å². The molecule has 0 bridgehead atoms. The lowest BCUT2D eigenvalue weighted by molar-refractivity contribution is 0.969. The third-order valence-corrected chi connectivity index (χ3v) is 2.79. The van der Waals surface area contributed by atoms with Crippen molar-refractivity contribution in [3.63, 3.8) is 0 Å². The average Bonchev–Trinajstić information content (AvgIpc) is 2.29. The molecular formula is C14H13B2N. The van der Waals surface area contributed by atoms with Crippen molar-refractivity contribution in [2.45, 2.75) is 19.1 Å². The maximum atomic E-state index is 5.88. The van der Waals surface area contributed by atoms with E-state index in [0.717, 1.165) is 22.4 Å². The first-order valence-electron chi connectivity index (χ1n) is 5.59. The fraction of sp³-hybridized carbons (Fsp3) is 0.214. The molecule has 0 spiro atoms. The van der Waals surface area contributed by atoms with E-state index in [9.17, 15) is 0 Å². The lowest BCUT2D eigenvalue weighted by Crippen LogP contribution is -2.21. The molecule has 0 saturated heterocycles. The molecule has 2 aromatic rings. The summed E-state index contributed by atoms with van der Waals surface area (Å²) in [5, 5.41) is -0.798. The number of aryl methyl sites for hydroxylation is 1. The van der Waals surface area contributed by atoms with Crippen LogP contribution in [0.3, 0.4) is 0 Å². The minimum atomic E-state index is -0.798. The van der Waals surface area contributed by atoms with E-state index in [0.29, 0.717) is 0 Å². The molecule has 80 valence electrons. The molecule has 0 atom stereocenters. The molecule has 0 N–H and O–H groups in total. The van der Waals surface area contributed by atoms with Crippen molar-refractivity contribution in [1.29, 1.82) is 0 Å². The topological polar surface area (TPSA) is 12.9 Å². The lowest BCUT2D eigenvalue weighted by atomic mass is 9.52. The molecular weight excluding hydrogens is 204 g/mol. The lowest BCUT2D eigenvalue weighted by Gasteiger charge is -2.21. The molecule has 17 heavy (non-hydrogen) atoms. The van der Waals surface area contributed by atoms with E-state index in [1.165, 1.54) is 0 Å². The molecule has 0 unspecified atom stereocenters. The fourth-order valence-corrected chi connectivity index (χ4v) is 1.81. The highest BCUT2D eigenvalue weighted by atomic mass is 14.7. The SMILES string of the molecule is [B]C([B])(C)c1ccc(-c2ccccn2)c(C)c1. The van der Waals surface area contributed by atoms with Crippen LogP contribution in [-0.2, 0) is 5.21 Å². The Balaban J connectivity index is 2.46. The quantitative estimate of drug-likeness (QED) is 0.704. The zero-order chi connectivity index (χ0) is 12.5. The van der Waals surface area contributed by atoms with Gasteiger partial charge in [0.15, 0.2) is 0 Å². The minimum Gasteiger partial charge on any atom is -0.256 e. The summed E-state index contributed by atoms with van der Waals surface area (Å²) >= 11 is 0. The number of hydrogen-bond acceptors (Lipinski definition) is 1. The minimum absolute atomic E-state index is 0.798. The Hall–Kier alpha value is -1.50. The average molecular weight is 217 g/mol. The molecule has 0 amide bonds. The van der Waals surface area contributed by atoms with Crippen LogP contribution in [0.1, 0.15) is 18.1 Å². The highest BCUT2D eigenvalue weighted by Gasteiger charge is 2.14. The number of rotatable bonds is 2. The molecule has 4 radical (unpaired) electrons. The Morgan fingerprint density at radius 1 is 1.12 bits per heavy atom. The van der Waals surface area contributed by atoms with Crippen LogP contribution in [0.2, 0.25) is 0 Å². The van der Waals surface area contributed by atoms with Crippen molar-refractivity contribution < 1.29 is 0 Å². The Bertz CT molecular complexity index is 515. The van der Waals surface area contributed by atoms with E-state index in [1.54, 1.807) is 13.1 Å². The van der Waals surface area contributed by atoms with E-state index >= 15 is 0 Å². The van der Waals surface area contributed by atoms with Crippen LogP contribution >= 0.6 is 0 Å². The molecule has 1 aromatic carbocycles. The molecule has 0 aliphatic carbocycles. The molecule has 3 heteroatoms. The molecule has 0 fully saturated rings. The first-order valence-corrected chi connectivity index (χ1v) is 5.59. The van der Waals surface area contributed by atoms with E-state index in [1.807, 2.05) is 43.3 Å². The Morgan fingerprint density at radius 3 is 2.41 bits per heavy atom. The molecule has 0 aliphatic heterocycles. The third-order valence-electron chi connectivity index (χ3n) is 2.79. The molecule has 1 heterocycles. The molecule has 0 saturated carbocycles. The second-order valence-electron chi connectivity index (χ2n) is 4.53. The summed E-state index contributed by atoms with van der Waals surface area (Å²) in [6.07, 6.45) is 1.79. The van der Waals surface area contributed by atoms with Crippen LogP contribution in [0.15, 0.2) is 42.6 Å². The van der Waals surface area contributed by atoms with Crippen LogP contribution in [0.25, 0.3) is 11.3 Å². The van der Waals surface area contributed by atoms with Gasteiger partial charge in [-0.3, -0.25) is 4.98 Å². The van der Waals surface area contributed by atoms with Crippen molar-refractivity contribution in [3.05, 3.63) is 53.7 Å². The number of pyridine rings is 1. The summed E-state index contributed by atoms with van der Waals surface area (Å²) in [6.45, 7) is 3.83. The number of benzene rings is 1. The van der Waals surface area contributed by atoms with Gasteiger partial charge in [-0.25, -0.2) is 0 Å². The van der Waals surface area contributed by atoms with Gasteiger partial charge in [0, 0.05) is 11.8 Å². The summed E-state index contributed by atoms with van der Waals surface area (Å²) in [6, 6.07) is 11.9. The summed E-state index contributed by atoms with van der Waals surface area (Å²) in [5.41, 5.74) is 4.13. The van der Waals surface area contributed by atoms with Gasteiger partial charge in [0.2, 0.25) is 0 Å². The van der Waals surface area contributed by atoms with E-state index in [4.69, 9.17) is 15.7 Å². The standard InChI is InChI=1S/C14H13B2N/c1-10-9-11(14(2,15)16)6-7-12(10)13-5-3-4-8-17-13/h3-9H,1-2H3. The normalized spacial score (nSPS) is 11.4. The summed E-state index contributed by atoms with van der Waals surface area (Å²) < 4.78 is 0. The van der Waals surface area contributed by atoms with Crippen LogP contribution in [-0.4, -0.2) is 20.7 Å². The highest BCUT2D eigenvalue weighted by molar-refractivity contribution is 6.39. The van der Waals surface area contributed by atoms with Gasteiger partial charge < -0.3 is 0 Å². The summed E-state index contributed by atoms with van der Waals surface area (Å²) in [5.74, 6) is 0. The Labute approximate surface area is 105 Å². The number of hydrogen-bond donors (Lipinski definition) is 0.